The number of hydrogen-bond acceptors (Lipinski definition) is 4. The molecule has 4 N–H and O–H groups in total. The summed E-state index contributed by atoms with van der Waals surface area (Å²) in [4.78, 5) is 41.2. The molecule has 7 heteroatoms. The first-order valence-corrected chi connectivity index (χ1v) is 9.90. The van der Waals surface area contributed by atoms with Crippen LogP contribution < -0.4 is 21.9 Å². The zero-order valence-corrected chi connectivity index (χ0v) is 16.4. The molecule has 0 bridgehead atoms. The van der Waals surface area contributed by atoms with Crippen LogP contribution in [0.5, 0.6) is 0 Å². The van der Waals surface area contributed by atoms with Gasteiger partial charge in [0, 0.05) is 12.6 Å². The molecule has 2 aromatic rings. The molecule has 0 spiro atoms. The summed E-state index contributed by atoms with van der Waals surface area (Å²) in [5.74, 6) is 0.380. The molecule has 1 aromatic carbocycles. The molecule has 1 fully saturated rings. The fourth-order valence-electron chi connectivity index (χ4n) is 3.69. The molecule has 1 heterocycles. The van der Waals surface area contributed by atoms with Gasteiger partial charge in [-0.1, -0.05) is 44.2 Å². The number of aromatic amines is 2. The minimum atomic E-state index is -0.682. The maximum absolute atomic E-state index is 12.8. The number of hydrogen-bond donors (Lipinski definition) is 4. The fourth-order valence-corrected chi connectivity index (χ4v) is 3.69. The standard InChI is InChI=1S/C21H28N4O3/c1-13(2)12-22-17-18(24-21(28)25-19(17)26)20(27)23-16-10-8-15(9-11-16)14-6-4-3-5-7-14/h3-7,13,15-16,22H,8-12H2,1-2H3,(H,23,27)(H2,24,25,26,28). The number of nitrogens with one attached hydrogen (secondary N) is 4. The van der Waals surface area contributed by atoms with Crippen LogP contribution in [0.4, 0.5) is 5.69 Å². The first-order chi connectivity index (χ1) is 13.4. The zero-order valence-electron chi connectivity index (χ0n) is 16.4. The molecule has 1 saturated carbocycles. The van der Waals surface area contributed by atoms with Crippen molar-refractivity contribution in [3.63, 3.8) is 0 Å². The second-order valence-electron chi connectivity index (χ2n) is 7.87. The number of amides is 1. The van der Waals surface area contributed by atoms with Crippen molar-refractivity contribution in [3.8, 4) is 0 Å². The summed E-state index contributed by atoms with van der Waals surface area (Å²) in [5, 5.41) is 5.97. The Hall–Kier alpha value is -2.83. The molecule has 1 aliphatic carbocycles. The van der Waals surface area contributed by atoms with Gasteiger partial charge < -0.3 is 15.6 Å². The third-order valence-corrected chi connectivity index (χ3v) is 5.19. The lowest BCUT2D eigenvalue weighted by atomic mass is 9.82. The van der Waals surface area contributed by atoms with E-state index in [0.29, 0.717) is 12.5 Å². The molecule has 1 aromatic heterocycles. The predicted octanol–water partition coefficient (Wildman–Crippen LogP) is 2.59. The van der Waals surface area contributed by atoms with Crippen molar-refractivity contribution in [2.24, 2.45) is 5.92 Å². The number of benzene rings is 1. The summed E-state index contributed by atoms with van der Waals surface area (Å²) < 4.78 is 0. The molecule has 1 amide bonds. The van der Waals surface area contributed by atoms with Crippen molar-refractivity contribution in [1.29, 1.82) is 0 Å². The second kappa shape index (κ2) is 8.91. The lowest BCUT2D eigenvalue weighted by molar-refractivity contribution is 0.0921. The van der Waals surface area contributed by atoms with Crippen LogP contribution in [0.3, 0.4) is 0 Å². The maximum atomic E-state index is 12.8. The van der Waals surface area contributed by atoms with Crippen molar-refractivity contribution in [2.45, 2.75) is 51.5 Å². The highest BCUT2D eigenvalue weighted by Gasteiger charge is 2.25. The van der Waals surface area contributed by atoms with Crippen LogP contribution in [0.1, 0.15) is 61.5 Å². The van der Waals surface area contributed by atoms with Gasteiger partial charge in [0.25, 0.3) is 11.5 Å². The Kier molecular flexibility index (Phi) is 6.34. The van der Waals surface area contributed by atoms with Crippen molar-refractivity contribution < 1.29 is 4.79 Å². The molecule has 0 radical (unpaired) electrons. The third kappa shape index (κ3) is 4.91. The number of carbonyl (C=O) groups excluding carboxylic acids is 1. The van der Waals surface area contributed by atoms with Gasteiger partial charge >= 0.3 is 5.69 Å². The fraction of sp³-hybridized carbons (Fsp3) is 0.476. The monoisotopic (exact) mass is 384 g/mol. The van der Waals surface area contributed by atoms with Crippen LogP contribution in [0.2, 0.25) is 0 Å². The minimum absolute atomic E-state index is 0.000386. The average Bonchev–Trinajstić information content (AvgIpc) is 2.68. The summed E-state index contributed by atoms with van der Waals surface area (Å²) in [6, 6.07) is 10.5. The SMILES string of the molecule is CC(C)CNc1c(C(=O)NC2CCC(c3ccccc3)CC2)[nH]c(=O)[nH]c1=O. The largest absolute Gasteiger partial charge is 0.378 e. The van der Waals surface area contributed by atoms with Crippen molar-refractivity contribution in [2.75, 3.05) is 11.9 Å². The number of carbonyl (C=O) groups is 1. The van der Waals surface area contributed by atoms with Crippen LogP contribution in [-0.2, 0) is 0 Å². The van der Waals surface area contributed by atoms with E-state index in [9.17, 15) is 14.4 Å². The summed E-state index contributed by atoms with van der Waals surface area (Å²) in [6.45, 7) is 4.52. The smallest absolute Gasteiger partial charge is 0.326 e. The Labute approximate surface area is 164 Å². The molecule has 28 heavy (non-hydrogen) atoms. The summed E-state index contributed by atoms with van der Waals surface area (Å²) >= 11 is 0. The Morgan fingerprint density at radius 3 is 2.39 bits per heavy atom. The first kappa shape index (κ1) is 19.9. The Morgan fingerprint density at radius 2 is 1.75 bits per heavy atom. The van der Waals surface area contributed by atoms with E-state index < -0.39 is 17.2 Å². The highest BCUT2D eigenvalue weighted by molar-refractivity contribution is 5.97. The Bertz CT molecular complexity index is 909. The molecular formula is C21H28N4O3. The summed E-state index contributed by atoms with van der Waals surface area (Å²) in [5.41, 5.74) is 0.190. The highest BCUT2D eigenvalue weighted by atomic mass is 16.2. The van der Waals surface area contributed by atoms with Gasteiger partial charge in [-0.25, -0.2) is 4.79 Å². The van der Waals surface area contributed by atoms with Crippen molar-refractivity contribution in [3.05, 3.63) is 62.4 Å². The number of aromatic nitrogens is 2. The highest BCUT2D eigenvalue weighted by Crippen LogP contribution is 2.32. The van der Waals surface area contributed by atoms with E-state index in [1.807, 2.05) is 19.9 Å². The predicted molar refractivity (Wildman–Crippen MR) is 110 cm³/mol. The van der Waals surface area contributed by atoms with E-state index in [1.54, 1.807) is 0 Å². The molecule has 1 aliphatic rings. The van der Waals surface area contributed by atoms with Crippen molar-refractivity contribution >= 4 is 11.6 Å². The molecule has 3 rings (SSSR count). The molecule has 7 nitrogen and oxygen atoms in total. The quantitative estimate of drug-likeness (QED) is 0.614. The van der Waals surface area contributed by atoms with Crippen LogP contribution in [-0.4, -0.2) is 28.5 Å². The first-order valence-electron chi connectivity index (χ1n) is 9.90. The lowest BCUT2D eigenvalue weighted by Crippen LogP contribution is -2.40. The van der Waals surface area contributed by atoms with E-state index in [1.165, 1.54) is 5.56 Å². The Balaban J connectivity index is 1.67. The van der Waals surface area contributed by atoms with Gasteiger partial charge in [-0.15, -0.1) is 0 Å². The van der Waals surface area contributed by atoms with Gasteiger partial charge in [-0.05, 0) is 43.1 Å². The maximum Gasteiger partial charge on any atom is 0.326 e. The van der Waals surface area contributed by atoms with Gasteiger partial charge in [-0.2, -0.15) is 0 Å². The minimum Gasteiger partial charge on any atom is -0.378 e. The van der Waals surface area contributed by atoms with Gasteiger partial charge in [-0.3, -0.25) is 14.6 Å². The summed E-state index contributed by atoms with van der Waals surface area (Å²) in [7, 11) is 0. The molecular weight excluding hydrogens is 356 g/mol. The van der Waals surface area contributed by atoms with E-state index >= 15 is 0 Å². The average molecular weight is 384 g/mol. The molecule has 0 atom stereocenters. The lowest BCUT2D eigenvalue weighted by Gasteiger charge is -2.29. The number of rotatable bonds is 6. The molecule has 0 saturated heterocycles. The van der Waals surface area contributed by atoms with Gasteiger partial charge in [0.1, 0.15) is 11.4 Å². The molecule has 0 unspecified atom stereocenters. The van der Waals surface area contributed by atoms with Gasteiger partial charge in [0.05, 0.1) is 0 Å². The van der Waals surface area contributed by atoms with Crippen molar-refractivity contribution in [1.82, 2.24) is 15.3 Å². The molecule has 150 valence electrons. The summed E-state index contributed by atoms with van der Waals surface area (Å²) in [6.07, 6.45) is 3.74. The zero-order chi connectivity index (χ0) is 20.1. The van der Waals surface area contributed by atoms with Crippen LogP contribution >= 0.6 is 0 Å². The number of anilines is 1. The van der Waals surface area contributed by atoms with Crippen LogP contribution in [0.25, 0.3) is 0 Å². The molecule has 0 aliphatic heterocycles. The second-order valence-corrected chi connectivity index (χ2v) is 7.87. The van der Waals surface area contributed by atoms with Gasteiger partial charge in [0.2, 0.25) is 0 Å². The van der Waals surface area contributed by atoms with Gasteiger partial charge in [0.15, 0.2) is 0 Å². The van der Waals surface area contributed by atoms with E-state index in [4.69, 9.17) is 0 Å². The third-order valence-electron chi connectivity index (χ3n) is 5.19. The Morgan fingerprint density at radius 1 is 1.07 bits per heavy atom. The van der Waals surface area contributed by atoms with Crippen LogP contribution in [0.15, 0.2) is 39.9 Å². The van der Waals surface area contributed by atoms with E-state index in [0.717, 1.165) is 25.7 Å². The van der Waals surface area contributed by atoms with Crippen LogP contribution in [0, 0.1) is 5.92 Å². The van der Waals surface area contributed by atoms with E-state index in [2.05, 4.69) is 44.9 Å². The topological polar surface area (TPSA) is 107 Å². The normalized spacial score (nSPS) is 19.4. The number of H-pyrrole nitrogens is 2. The van der Waals surface area contributed by atoms with E-state index in [-0.39, 0.29) is 23.3 Å².